The van der Waals surface area contributed by atoms with Gasteiger partial charge >= 0.3 is 15.2 Å². The number of rotatable bonds is 3. The van der Waals surface area contributed by atoms with Crippen LogP contribution in [0.4, 0.5) is 0 Å². The third-order valence-corrected chi connectivity index (χ3v) is 8.67. The lowest BCUT2D eigenvalue weighted by molar-refractivity contribution is 0.145. The zero-order valence-electron chi connectivity index (χ0n) is 10.3. The van der Waals surface area contributed by atoms with Crippen molar-refractivity contribution in [3.05, 3.63) is 0 Å². The second-order valence-corrected chi connectivity index (χ2v) is 10.1. The Labute approximate surface area is 116 Å². The second-order valence-electron chi connectivity index (χ2n) is 5.02. The van der Waals surface area contributed by atoms with Gasteiger partial charge in [-0.1, -0.05) is 12.8 Å². The molecule has 1 saturated heterocycles. The smallest absolute Gasteiger partial charge is 0.323 e. The summed E-state index contributed by atoms with van der Waals surface area (Å²) in [6, 6.07) is -0.141. The van der Waals surface area contributed by atoms with Gasteiger partial charge in [-0.25, -0.2) is 0 Å². The van der Waals surface area contributed by atoms with E-state index in [0.717, 1.165) is 25.7 Å². The first kappa shape index (κ1) is 16.0. The summed E-state index contributed by atoms with van der Waals surface area (Å²) in [5.41, 5.74) is -1.98. The predicted molar refractivity (Wildman–Crippen MR) is 73.1 cm³/mol. The molecule has 2 atom stereocenters. The summed E-state index contributed by atoms with van der Waals surface area (Å²) in [5, 5.41) is 0.225. The Morgan fingerprint density at radius 2 is 1.63 bits per heavy atom. The standard InChI is InChI=1S/C9H19NO6P2S/c11-17(12,13)9(18(14,15)16)10-5-6-19-8-4-2-1-3-7(8)10/h7-9H,1-6H2,(H2,11,12,13)(H2,14,15,16). The normalized spacial score (nSPS) is 30.4. The van der Waals surface area contributed by atoms with Crippen LogP contribution in [0, 0.1) is 0 Å². The summed E-state index contributed by atoms with van der Waals surface area (Å²) < 4.78 is 23.0. The van der Waals surface area contributed by atoms with Crippen LogP contribution in [0.15, 0.2) is 0 Å². The van der Waals surface area contributed by atoms with Crippen LogP contribution in [0.3, 0.4) is 0 Å². The van der Waals surface area contributed by atoms with Crippen LogP contribution >= 0.6 is 27.0 Å². The summed E-state index contributed by atoms with van der Waals surface area (Å²) in [6.45, 7) is 0.312. The van der Waals surface area contributed by atoms with Crippen molar-refractivity contribution in [3.63, 3.8) is 0 Å². The van der Waals surface area contributed by atoms with Crippen LogP contribution in [0.5, 0.6) is 0 Å². The number of nitrogens with zero attached hydrogens (tertiary/aromatic N) is 1. The maximum absolute atomic E-state index is 11.5. The van der Waals surface area contributed by atoms with Crippen molar-refractivity contribution in [3.8, 4) is 0 Å². The van der Waals surface area contributed by atoms with E-state index in [9.17, 15) is 28.7 Å². The molecule has 7 nitrogen and oxygen atoms in total. The SMILES string of the molecule is O=P(O)(O)C(N1CCSC2CCCCC21)P(=O)(O)O. The van der Waals surface area contributed by atoms with Gasteiger partial charge in [0.15, 0.2) is 0 Å². The molecule has 2 aliphatic rings. The maximum Gasteiger partial charge on any atom is 0.354 e. The third-order valence-electron chi connectivity index (χ3n) is 3.67. The summed E-state index contributed by atoms with van der Waals surface area (Å²) in [4.78, 5) is 38.7. The molecule has 0 spiro atoms. The van der Waals surface area contributed by atoms with Crippen LogP contribution in [-0.2, 0) is 9.13 Å². The second kappa shape index (κ2) is 5.78. The summed E-state index contributed by atoms with van der Waals surface area (Å²) in [6.07, 6.45) is 3.70. The van der Waals surface area contributed by atoms with Crippen molar-refractivity contribution >= 4 is 27.0 Å². The Morgan fingerprint density at radius 1 is 1.05 bits per heavy atom. The molecule has 112 valence electrons. The first-order chi connectivity index (χ1) is 8.71. The van der Waals surface area contributed by atoms with E-state index in [1.807, 2.05) is 0 Å². The fourth-order valence-electron chi connectivity index (χ4n) is 3.00. The van der Waals surface area contributed by atoms with Crippen molar-refractivity contribution in [2.75, 3.05) is 12.3 Å². The molecule has 10 heteroatoms. The average Bonchev–Trinajstić information content (AvgIpc) is 2.25. The Morgan fingerprint density at radius 3 is 2.21 bits per heavy atom. The molecule has 0 radical (unpaired) electrons. The molecule has 2 unspecified atom stereocenters. The van der Waals surface area contributed by atoms with Gasteiger partial charge in [-0.05, 0) is 12.8 Å². The number of hydrogen-bond donors (Lipinski definition) is 4. The molecule has 1 aliphatic carbocycles. The van der Waals surface area contributed by atoms with Crippen LogP contribution in [-0.4, -0.2) is 53.6 Å². The monoisotopic (exact) mass is 331 g/mol. The molecule has 0 bridgehead atoms. The fraction of sp³-hybridized carbons (Fsp3) is 1.00. The molecule has 2 fully saturated rings. The first-order valence-electron chi connectivity index (χ1n) is 6.19. The van der Waals surface area contributed by atoms with Crippen molar-refractivity contribution in [2.24, 2.45) is 0 Å². The van der Waals surface area contributed by atoms with Crippen LogP contribution < -0.4 is 0 Å². The lowest BCUT2D eigenvalue weighted by Gasteiger charge is -2.46. The molecule has 1 saturated carbocycles. The lowest BCUT2D eigenvalue weighted by atomic mass is 9.93. The fourth-order valence-corrected chi connectivity index (χ4v) is 7.38. The van der Waals surface area contributed by atoms with Gasteiger partial charge in [0, 0.05) is 23.6 Å². The highest BCUT2D eigenvalue weighted by atomic mass is 32.2. The van der Waals surface area contributed by atoms with Crippen molar-refractivity contribution < 1.29 is 28.7 Å². The maximum atomic E-state index is 11.5. The quantitative estimate of drug-likeness (QED) is 0.565. The first-order valence-corrected chi connectivity index (χ1v) is 10.6. The Bertz CT molecular complexity index is 399. The van der Waals surface area contributed by atoms with E-state index in [4.69, 9.17) is 0 Å². The molecule has 0 aromatic carbocycles. The van der Waals surface area contributed by atoms with Gasteiger partial charge in [0.05, 0.1) is 0 Å². The summed E-state index contributed by atoms with van der Waals surface area (Å²) >= 11 is 1.74. The topological polar surface area (TPSA) is 118 Å². The molecule has 4 N–H and O–H groups in total. The third kappa shape index (κ3) is 3.63. The van der Waals surface area contributed by atoms with Gasteiger partial charge in [0.1, 0.15) is 0 Å². The molecule has 2 rings (SSSR count). The molecular formula is C9H19NO6P2S. The summed E-state index contributed by atoms with van der Waals surface area (Å²) in [7, 11) is -9.75. The molecule has 19 heavy (non-hydrogen) atoms. The highest BCUT2D eigenvalue weighted by Crippen LogP contribution is 2.62. The average molecular weight is 331 g/mol. The van der Waals surface area contributed by atoms with Crippen LogP contribution in [0.25, 0.3) is 0 Å². The molecule has 1 aliphatic heterocycles. The van der Waals surface area contributed by atoms with Gasteiger partial charge in [0.2, 0.25) is 5.52 Å². The van der Waals surface area contributed by atoms with Gasteiger partial charge in [-0.15, -0.1) is 0 Å². The largest absolute Gasteiger partial charge is 0.354 e. The van der Waals surface area contributed by atoms with Crippen molar-refractivity contribution in [2.45, 2.75) is 42.5 Å². The van der Waals surface area contributed by atoms with E-state index in [0.29, 0.717) is 12.3 Å². The van der Waals surface area contributed by atoms with Crippen LogP contribution in [0.1, 0.15) is 25.7 Å². The van der Waals surface area contributed by atoms with E-state index in [2.05, 4.69) is 0 Å². The minimum Gasteiger partial charge on any atom is -0.323 e. The molecule has 0 aromatic rings. The van der Waals surface area contributed by atoms with Crippen molar-refractivity contribution in [1.29, 1.82) is 0 Å². The summed E-state index contributed by atoms with van der Waals surface area (Å²) in [5.74, 6) is 0.650. The van der Waals surface area contributed by atoms with Gasteiger partial charge in [0.25, 0.3) is 0 Å². The Hall–Kier alpha value is 0.610. The van der Waals surface area contributed by atoms with E-state index in [1.54, 1.807) is 11.8 Å². The zero-order valence-corrected chi connectivity index (χ0v) is 12.9. The predicted octanol–water partition coefficient (Wildman–Crippen LogP) is 0.985. The van der Waals surface area contributed by atoms with Gasteiger partial charge in [-0.2, -0.15) is 11.8 Å². The Kier molecular flexibility index (Phi) is 4.86. The van der Waals surface area contributed by atoms with Gasteiger partial charge in [-0.3, -0.25) is 14.0 Å². The van der Waals surface area contributed by atoms with E-state index in [1.165, 1.54) is 4.90 Å². The molecule has 0 amide bonds. The van der Waals surface area contributed by atoms with Crippen LogP contribution in [0.2, 0.25) is 0 Å². The highest BCUT2D eigenvalue weighted by Gasteiger charge is 2.52. The Balaban J connectivity index is 2.30. The molecular weight excluding hydrogens is 312 g/mol. The highest BCUT2D eigenvalue weighted by molar-refractivity contribution is 8.00. The number of thioether (sulfide) groups is 1. The van der Waals surface area contributed by atoms with Gasteiger partial charge < -0.3 is 19.6 Å². The lowest BCUT2D eigenvalue weighted by Crippen LogP contribution is -2.53. The number of fused-ring (bicyclic) bond motifs is 1. The van der Waals surface area contributed by atoms with E-state index in [-0.39, 0.29) is 11.3 Å². The molecule has 0 aromatic heterocycles. The zero-order chi connectivity index (χ0) is 14.3. The van der Waals surface area contributed by atoms with Crippen molar-refractivity contribution in [1.82, 2.24) is 4.90 Å². The molecule has 1 heterocycles. The van der Waals surface area contributed by atoms with E-state index >= 15 is 0 Å². The van der Waals surface area contributed by atoms with E-state index < -0.39 is 20.7 Å². The number of hydrogen-bond acceptors (Lipinski definition) is 4. The minimum atomic E-state index is -4.88. The minimum absolute atomic E-state index is 0.141.